The van der Waals surface area contributed by atoms with Gasteiger partial charge in [-0.05, 0) is 99.5 Å². The summed E-state index contributed by atoms with van der Waals surface area (Å²) < 4.78 is 18.2. The van der Waals surface area contributed by atoms with E-state index in [0.29, 0.717) is 46.1 Å². The Morgan fingerprint density at radius 1 is 1.02 bits per heavy atom. The first-order valence-corrected chi connectivity index (χ1v) is 20.7. The number of carbonyl (C=O) groups excluding carboxylic acids is 1. The summed E-state index contributed by atoms with van der Waals surface area (Å²) >= 11 is 0. The normalized spacial score (nSPS) is 40.1. The molecule has 9 unspecified atom stereocenters. The van der Waals surface area contributed by atoms with Gasteiger partial charge >= 0.3 is 5.97 Å². The number of carbonyl (C=O) groups is 1. The molecule has 7 aliphatic rings. The number of nitrogens with zero attached hydrogens (tertiary/aromatic N) is 1. The molecule has 0 amide bonds. The number of esters is 1. The maximum atomic E-state index is 12.6. The van der Waals surface area contributed by atoms with Crippen LogP contribution in [0.25, 0.3) is 0 Å². The molecule has 1 aromatic carbocycles. The van der Waals surface area contributed by atoms with Crippen LogP contribution in [0, 0.1) is 35.0 Å². The van der Waals surface area contributed by atoms with Crippen LogP contribution in [0.5, 0.6) is 0 Å². The Kier molecular flexibility index (Phi) is 9.02. The number of aliphatic hydroxyl groups is 1. The molecule has 0 radical (unpaired) electrons. The summed E-state index contributed by atoms with van der Waals surface area (Å²) in [7, 11) is 5.76. The van der Waals surface area contributed by atoms with E-state index in [1.54, 1.807) is 14.0 Å². The van der Waals surface area contributed by atoms with Crippen molar-refractivity contribution in [3.05, 3.63) is 70.6 Å². The Labute approximate surface area is 288 Å². The zero-order chi connectivity index (χ0) is 32.3. The highest BCUT2D eigenvalue weighted by atomic mass is 33.1. The Morgan fingerprint density at radius 3 is 2.57 bits per heavy atom. The van der Waals surface area contributed by atoms with Crippen LogP contribution in [0.15, 0.2) is 65.0 Å². The summed E-state index contributed by atoms with van der Waals surface area (Å²) in [6.45, 7) is 3.99. The third-order valence-electron chi connectivity index (χ3n) is 13.2. The van der Waals surface area contributed by atoms with E-state index < -0.39 is 0 Å². The van der Waals surface area contributed by atoms with Gasteiger partial charge in [0.15, 0.2) is 11.5 Å². The van der Waals surface area contributed by atoms with Crippen LogP contribution in [-0.2, 0) is 25.4 Å². The van der Waals surface area contributed by atoms with Crippen molar-refractivity contribution in [2.45, 2.75) is 109 Å². The molecule has 1 spiro atoms. The number of hydrogen-bond acceptors (Lipinski definition) is 8. The summed E-state index contributed by atoms with van der Waals surface area (Å²) in [5.41, 5.74) is 2.32. The van der Waals surface area contributed by atoms with Gasteiger partial charge in [-0.1, -0.05) is 71.7 Å². The van der Waals surface area contributed by atoms with Gasteiger partial charge < -0.3 is 19.3 Å². The number of piperidine rings is 1. The molecular formula is C39H51NO5S2. The first-order chi connectivity index (χ1) is 22.9. The molecule has 9 atom stereocenters. The highest BCUT2D eigenvalue weighted by molar-refractivity contribution is 8.76. The van der Waals surface area contributed by atoms with Gasteiger partial charge in [0.2, 0.25) is 5.76 Å². The monoisotopic (exact) mass is 677 g/mol. The molecule has 0 aromatic heterocycles. The summed E-state index contributed by atoms with van der Waals surface area (Å²) in [5, 5.41) is 12.6. The van der Waals surface area contributed by atoms with E-state index in [-0.39, 0.29) is 36.0 Å². The van der Waals surface area contributed by atoms with Crippen LogP contribution in [0.4, 0.5) is 0 Å². The van der Waals surface area contributed by atoms with Crippen molar-refractivity contribution < 1.29 is 24.1 Å². The minimum atomic E-state index is -0.364. The number of benzene rings is 1. The lowest BCUT2D eigenvalue weighted by Crippen LogP contribution is -2.61. The molecular weight excluding hydrogens is 627 g/mol. The molecule has 1 aromatic rings. The fraction of sp³-hybridized carbons (Fsp3) is 0.667. The van der Waals surface area contributed by atoms with Crippen molar-refractivity contribution >= 4 is 27.6 Å². The second-order valence-corrected chi connectivity index (χ2v) is 18.2. The number of hydrogen-bond donors (Lipinski definition) is 1. The molecule has 5 heterocycles. The van der Waals surface area contributed by atoms with E-state index in [4.69, 9.17) is 14.2 Å². The molecule has 1 N–H and O–H groups in total. The molecule has 5 aliphatic heterocycles. The minimum absolute atomic E-state index is 0.0123. The van der Waals surface area contributed by atoms with Crippen LogP contribution in [0.1, 0.15) is 83.6 Å². The predicted molar refractivity (Wildman–Crippen MR) is 188 cm³/mol. The maximum absolute atomic E-state index is 12.6. The number of ether oxygens (including phenoxy) is 3. The lowest BCUT2D eigenvalue weighted by Gasteiger charge is -2.52. The first kappa shape index (κ1) is 32.3. The molecule has 3 saturated heterocycles. The van der Waals surface area contributed by atoms with Crippen molar-refractivity contribution in [3.63, 3.8) is 0 Å². The van der Waals surface area contributed by atoms with Gasteiger partial charge in [0.1, 0.15) is 5.76 Å². The maximum Gasteiger partial charge on any atom is 0.343 e. The van der Waals surface area contributed by atoms with E-state index in [1.807, 2.05) is 0 Å². The number of cyclic esters (lactones) is 1. The lowest BCUT2D eigenvalue weighted by molar-refractivity contribution is -0.133. The minimum Gasteiger partial charge on any atom is -0.492 e. The molecule has 0 bridgehead atoms. The van der Waals surface area contributed by atoms with E-state index in [9.17, 15) is 9.90 Å². The number of aliphatic hydroxyl groups excluding tert-OH is 1. The standard InChI is InChI=1S/C39H51NO5S2/c1-23-34-31-19-26(17-25-9-5-4-6-10-25)18-30-32(41)20-29-27(13-16-39(29)14-7-8-15-39)21-46-47-22-28(40(30)31)11-12-33(34)44-36(23)37-35(43-3)24(2)38(42)45-37/h4-6,9-10,12,23,26-32,34,41H,7-8,11,13-22H2,1-3H3. The van der Waals surface area contributed by atoms with E-state index in [0.717, 1.165) is 49.5 Å². The molecule has 8 rings (SSSR count). The Bertz CT molecular complexity index is 1450. The largest absolute Gasteiger partial charge is 0.492 e. The van der Waals surface area contributed by atoms with Crippen LogP contribution in [0.3, 0.4) is 0 Å². The molecule has 2 aliphatic carbocycles. The van der Waals surface area contributed by atoms with Crippen molar-refractivity contribution in [1.82, 2.24) is 4.90 Å². The second kappa shape index (κ2) is 13.1. The van der Waals surface area contributed by atoms with E-state index >= 15 is 0 Å². The van der Waals surface area contributed by atoms with Crippen molar-refractivity contribution in [2.24, 2.45) is 35.0 Å². The van der Waals surface area contributed by atoms with E-state index in [2.05, 4.69) is 69.8 Å². The van der Waals surface area contributed by atoms with Gasteiger partial charge in [-0.3, -0.25) is 4.90 Å². The zero-order valence-electron chi connectivity index (χ0n) is 28.2. The Morgan fingerprint density at radius 2 is 1.79 bits per heavy atom. The van der Waals surface area contributed by atoms with Crippen LogP contribution in [0.2, 0.25) is 0 Å². The third-order valence-corrected chi connectivity index (χ3v) is 15.8. The average molecular weight is 678 g/mol. The quantitative estimate of drug-likeness (QED) is 0.255. The fourth-order valence-electron chi connectivity index (χ4n) is 11.1. The summed E-state index contributed by atoms with van der Waals surface area (Å²) in [6, 6.07) is 11.6. The van der Waals surface area contributed by atoms with Crippen molar-refractivity contribution in [1.29, 1.82) is 0 Å². The smallest absolute Gasteiger partial charge is 0.343 e. The molecule has 47 heavy (non-hydrogen) atoms. The first-order valence-electron chi connectivity index (χ1n) is 18.2. The average Bonchev–Trinajstić information content (AvgIpc) is 3.81. The number of methoxy groups -OCH3 is 1. The Hall–Kier alpha value is -1.87. The molecule has 5 fully saturated rings. The topological polar surface area (TPSA) is 68.2 Å². The summed E-state index contributed by atoms with van der Waals surface area (Å²) in [4.78, 5) is 15.4. The molecule has 6 nitrogen and oxygen atoms in total. The fourth-order valence-corrected chi connectivity index (χ4v) is 13.9. The van der Waals surface area contributed by atoms with Gasteiger partial charge in [0, 0.05) is 41.5 Å². The summed E-state index contributed by atoms with van der Waals surface area (Å²) in [6.07, 6.45) is 15.1. The third kappa shape index (κ3) is 5.71. The molecule has 2 saturated carbocycles. The highest BCUT2D eigenvalue weighted by Crippen LogP contribution is 2.60. The Balaban J connectivity index is 1.18. The van der Waals surface area contributed by atoms with Gasteiger partial charge in [0.05, 0.1) is 18.8 Å². The van der Waals surface area contributed by atoms with Gasteiger partial charge in [0.25, 0.3) is 0 Å². The molecule has 254 valence electrons. The van der Waals surface area contributed by atoms with Gasteiger partial charge in [-0.15, -0.1) is 0 Å². The molecule has 8 heteroatoms. The summed E-state index contributed by atoms with van der Waals surface area (Å²) in [5.74, 6) is 6.52. The number of allylic oxidation sites excluding steroid dienone is 1. The van der Waals surface area contributed by atoms with Crippen molar-refractivity contribution in [2.75, 3.05) is 18.6 Å². The SMILES string of the molecule is COC1=C(C)C(=O)OC1=C1OC2=CCC3CSSCC4CCC5(CCCC5)C4CC(O)C4CC(Cc5ccccc5)CC(C2C1C)N34. The van der Waals surface area contributed by atoms with Crippen LogP contribution in [-0.4, -0.2) is 58.8 Å². The highest BCUT2D eigenvalue weighted by Gasteiger charge is 2.55. The second-order valence-electron chi connectivity index (χ2n) is 15.6. The predicted octanol–water partition coefficient (Wildman–Crippen LogP) is 8.04. The van der Waals surface area contributed by atoms with Gasteiger partial charge in [-0.25, -0.2) is 4.79 Å². The zero-order valence-corrected chi connectivity index (χ0v) is 29.8. The number of fused-ring (bicyclic) bond motifs is 4. The lowest BCUT2D eigenvalue weighted by atomic mass is 9.69. The number of rotatable bonds is 3. The van der Waals surface area contributed by atoms with Crippen LogP contribution < -0.4 is 0 Å². The van der Waals surface area contributed by atoms with Gasteiger partial charge in [-0.2, -0.15) is 0 Å². The van der Waals surface area contributed by atoms with E-state index in [1.165, 1.54) is 49.8 Å². The van der Waals surface area contributed by atoms with Crippen molar-refractivity contribution in [3.8, 4) is 0 Å². The van der Waals surface area contributed by atoms with Crippen LogP contribution >= 0.6 is 21.6 Å².